The van der Waals surface area contributed by atoms with E-state index >= 15 is 0 Å². The van der Waals surface area contributed by atoms with E-state index in [2.05, 4.69) is 9.71 Å². The fourth-order valence-electron chi connectivity index (χ4n) is 1.43. The van der Waals surface area contributed by atoms with Crippen LogP contribution in [-0.4, -0.2) is 26.0 Å². The molecule has 1 aromatic rings. The van der Waals surface area contributed by atoms with Crippen LogP contribution in [0.5, 0.6) is 0 Å². The Morgan fingerprint density at radius 2 is 2.29 bits per heavy atom. The molecule has 1 heterocycles. The zero-order chi connectivity index (χ0) is 11.8. The van der Waals surface area contributed by atoms with Gasteiger partial charge in [-0.1, -0.05) is 0 Å². The monoisotopic (exact) mass is 297 g/mol. The highest BCUT2D eigenvalue weighted by Gasteiger charge is 2.29. The van der Waals surface area contributed by atoms with Crippen LogP contribution in [0.25, 0.3) is 0 Å². The van der Waals surface area contributed by atoms with Crippen molar-refractivity contribution < 1.29 is 8.42 Å². The number of nitrogens with one attached hydrogen (secondary N) is 1. The maximum atomic E-state index is 11.8. The minimum atomic E-state index is -3.41. The van der Waals surface area contributed by atoms with E-state index < -0.39 is 10.0 Å². The molecule has 5 nitrogen and oxygen atoms in total. The fourth-order valence-corrected chi connectivity index (χ4v) is 3.66. The molecule has 8 heteroatoms. The lowest BCUT2D eigenvalue weighted by atomic mass is 10.2. The summed E-state index contributed by atoms with van der Waals surface area (Å²) < 4.78 is 26.4. The zero-order valence-electron chi connectivity index (χ0n) is 9.42. The van der Waals surface area contributed by atoms with Crippen molar-refractivity contribution in [1.82, 2.24) is 9.71 Å². The summed E-state index contributed by atoms with van der Waals surface area (Å²) >= 11 is 1.17. The Bertz CT molecular complexity index is 470. The summed E-state index contributed by atoms with van der Waals surface area (Å²) in [7, 11) is -3.41. The molecule has 0 amide bonds. The van der Waals surface area contributed by atoms with E-state index in [1.807, 2.05) is 0 Å². The van der Waals surface area contributed by atoms with Gasteiger partial charge in [-0.3, -0.25) is 0 Å². The number of halogens is 1. The summed E-state index contributed by atoms with van der Waals surface area (Å²) in [6, 6.07) is -0.0659. The van der Waals surface area contributed by atoms with Gasteiger partial charge in [0.25, 0.3) is 10.0 Å². The Kier molecular flexibility index (Phi) is 4.91. The van der Waals surface area contributed by atoms with Gasteiger partial charge in [-0.15, -0.1) is 23.7 Å². The molecular weight excluding hydrogens is 282 g/mol. The van der Waals surface area contributed by atoms with Crippen LogP contribution in [0.4, 0.5) is 0 Å². The van der Waals surface area contributed by atoms with Crippen molar-refractivity contribution in [3.05, 3.63) is 11.2 Å². The van der Waals surface area contributed by atoms with Gasteiger partial charge in [0.1, 0.15) is 0 Å². The number of aryl methyl sites for hydroxylation is 1. The molecule has 1 aliphatic carbocycles. The second kappa shape index (κ2) is 5.62. The predicted molar refractivity (Wildman–Crippen MR) is 70.0 cm³/mol. The molecule has 0 spiro atoms. The molecular formula is C9H16ClN3O2S2. The zero-order valence-corrected chi connectivity index (χ0v) is 11.9. The average molecular weight is 298 g/mol. The van der Waals surface area contributed by atoms with Gasteiger partial charge in [-0.05, 0) is 25.7 Å². The quantitative estimate of drug-likeness (QED) is 0.845. The largest absolute Gasteiger partial charge is 0.326 e. The Morgan fingerprint density at radius 1 is 1.65 bits per heavy atom. The first-order valence-electron chi connectivity index (χ1n) is 5.17. The van der Waals surface area contributed by atoms with Crippen LogP contribution >= 0.6 is 23.7 Å². The number of thiazole rings is 1. The molecule has 1 fully saturated rings. The number of aromatic nitrogens is 1. The molecule has 0 saturated heterocycles. The molecule has 1 atom stereocenters. The number of nitrogens with zero attached hydrogens (tertiary/aromatic N) is 1. The number of sulfonamides is 1. The molecule has 1 saturated carbocycles. The van der Waals surface area contributed by atoms with E-state index in [9.17, 15) is 8.42 Å². The average Bonchev–Trinajstić information content (AvgIpc) is 2.98. The Labute approximate surface area is 111 Å². The smallest absolute Gasteiger partial charge is 0.251 e. The van der Waals surface area contributed by atoms with Crippen LogP contribution in [0.2, 0.25) is 0 Å². The summed E-state index contributed by atoms with van der Waals surface area (Å²) in [6.45, 7) is 2.09. The van der Waals surface area contributed by atoms with Crippen molar-refractivity contribution in [3.8, 4) is 0 Å². The van der Waals surface area contributed by atoms with Crippen molar-refractivity contribution in [2.75, 3.05) is 6.54 Å². The fraction of sp³-hybridized carbons (Fsp3) is 0.667. The van der Waals surface area contributed by atoms with E-state index in [4.69, 9.17) is 5.73 Å². The van der Waals surface area contributed by atoms with Gasteiger partial charge in [0.15, 0.2) is 4.21 Å². The van der Waals surface area contributed by atoms with Crippen molar-refractivity contribution in [3.63, 3.8) is 0 Å². The highest BCUT2D eigenvalue weighted by Crippen LogP contribution is 2.31. The molecule has 1 aromatic heterocycles. The van der Waals surface area contributed by atoms with Crippen molar-refractivity contribution in [1.29, 1.82) is 0 Å². The number of nitrogens with two attached hydrogens (primary N) is 1. The molecule has 0 radical (unpaired) electrons. The number of hydrogen-bond donors (Lipinski definition) is 2. The summed E-state index contributed by atoms with van der Waals surface area (Å²) in [5.41, 5.74) is 5.83. The third kappa shape index (κ3) is 3.89. The second-order valence-electron chi connectivity index (χ2n) is 4.05. The van der Waals surface area contributed by atoms with E-state index in [1.165, 1.54) is 17.5 Å². The van der Waals surface area contributed by atoms with Gasteiger partial charge >= 0.3 is 0 Å². The predicted octanol–water partition coefficient (Wildman–Crippen LogP) is 0.889. The summed E-state index contributed by atoms with van der Waals surface area (Å²) in [5.74, 6) is 0.492. The highest BCUT2D eigenvalue weighted by atomic mass is 35.5. The molecule has 98 valence electrons. The van der Waals surface area contributed by atoms with E-state index in [-0.39, 0.29) is 22.7 Å². The van der Waals surface area contributed by atoms with Crippen LogP contribution in [-0.2, 0) is 10.0 Å². The minimum Gasteiger partial charge on any atom is -0.326 e. The number of rotatable bonds is 5. The van der Waals surface area contributed by atoms with Crippen molar-refractivity contribution in [2.24, 2.45) is 11.7 Å². The summed E-state index contributed by atoms with van der Waals surface area (Å²) in [4.78, 5) is 3.93. The van der Waals surface area contributed by atoms with E-state index in [0.29, 0.717) is 12.5 Å². The summed E-state index contributed by atoms with van der Waals surface area (Å²) in [6.07, 6.45) is 3.61. The van der Waals surface area contributed by atoms with Gasteiger partial charge in [0, 0.05) is 12.6 Å². The SMILES string of the molecule is Cc1ncc(S(=O)(=O)NCC(N)C2CC2)s1.Cl. The maximum Gasteiger partial charge on any atom is 0.251 e. The third-order valence-corrected chi connectivity index (χ3v) is 5.40. The number of hydrogen-bond acceptors (Lipinski definition) is 5. The van der Waals surface area contributed by atoms with E-state index in [0.717, 1.165) is 17.8 Å². The van der Waals surface area contributed by atoms with Crippen LogP contribution in [0.1, 0.15) is 17.8 Å². The highest BCUT2D eigenvalue weighted by molar-refractivity contribution is 7.91. The van der Waals surface area contributed by atoms with Gasteiger partial charge < -0.3 is 5.73 Å². The Morgan fingerprint density at radius 3 is 2.76 bits per heavy atom. The minimum absolute atomic E-state index is 0. The first-order chi connectivity index (χ1) is 7.49. The maximum absolute atomic E-state index is 11.8. The van der Waals surface area contributed by atoms with Crippen LogP contribution < -0.4 is 10.5 Å². The Balaban J connectivity index is 0.00000144. The molecule has 0 bridgehead atoms. The molecule has 1 aliphatic rings. The van der Waals surface area contributed by atoms with Crippen molar-refractivity contribution in [2.45, 2.75) is 30.0 Å². The van der Waals surface area contributed by atoms with E-state index in [1.54, 1.807) is 6.92 Å². The Hall–Kier alpha value is -0.210. The normalized spacial score (nSPS) is 17.5. The lowest BCUT2D eigenvalue weighted by Crippen LogP contribution is -2.38. The first kappa shape index (κ1) is 14.8. The van der Waals surface area contributed by atoms with Crippen molar-refractivity contribution >= 4 is 33.8 Å². The van der Waals surface area contributed by atoms with Gasteiger partial charge in [0.05, 0.1) is 11.2 Å². The third-order valence-electron chi connectivity index (χ3n) is 2.60. The molecule has 0 aromatic carbocycles. The van der Waals surface area contributed by atoms with Gasteiger partial charge in [-0.25, -0.2) is 18.1 Å². The first-order valence-corrected chi connectivity index (χ1v) is 7.46. The molecule has 1 unspecified atom stereocenters. The van der Waals surface area contributed by atoms with Crippen LogP contribution in [0.3, 0.4) is 0 Å². The molecule has 0 aliphatic heterocycles. The molecule has 2 rings (SSSR count). The standard InChI is InChI=1S/C9H15N3O2S2.ClH/c1-6-11-5-9(15-6)16(13,14)12-4-8(10)7-2-3-7;/h5,7-8,12H,2-4,10H2,1H3;1H. The van der Waals surface area contributed by atoms with Gasteiger partial charge in [0.2, 0.25) is 0 Å². The second-order valence-corrected chi connectivity index (χ2v) is 7.28. The molecule has 17 heavy (non-hydrogen) atoms. The van der Waals surface area contributed by atoms with Crippen LogP contribution in [0, 0.1) is 12.8 Å². The van der Waals surface area contributed by atoms with Crippen LogP contribution in [0.15, 0.2) is 10.4 Å². The van der Waals surface area contributed by atoms with Gasteiger partial charge in [-0.2, -0.15) is 0 Å². The topological polar surface area (TPSA) is 85.1 Å². The lowest BCUT2D eigenvalue weighted by Gasteiger charge is -2.10. The molecule has 3 N–H and O–H groups in total. The lowest BCUT2D eigenvalue weighted by molar-refractivity contribution is 0.549. The summed E-state index contributed by atoms with van der Waals surface area (Å²) in [5, 5.41) is 0.742.